The smallest absolute Gasteiger partial charge is 0.323 e. The Kier molecular flexibility index (Phi) is 5.98. The van der Waals surface area contributed by atoms with Crippen LogP contribution < -0.4 is 16.0 Å². The molecule has 8 heteroatoms. The first-order valence-corrected chi connectivity index (χ1v) is 9.91. The molecule has 158 valence electrons. The molecule has 1 unspecified atom stereocenters. The molecule has 1 aliphatic heterocycles. The van der Waals surface area contributed by atoms with Crippen LogP contribution in [0.2, 0.25) is 0 Å². The largest absolute Gasteiger partial charge is 0.467 e. The van der Waals surface area contributed by atoms with E-state index in [4.69, 9.17) is 4.42 Å². The molecule has 1 aromatic heterocycles. The van der Waals surface area contributed by atoms with E-state index in [1.165, 1.54) is 0 Å². The number of hydrogen-bond donors (Lipinski definition) is 3. The standard InChI is InChI=1S/C23H22N4O4/c28-21-13-16(14-27(21)15-20-7-4-12-31-20)22(29)24-18-8-10-19(11-9-18)26-23(30)25-17-5-2-1-3-6-17/h1-12,16H,13-15H2,(H,24,29)(H2,25,26,30). The number of nitrogens with one attached hydrogen (secondary N) is 3. The third-order valence-electron chi connectivity index (χ3n) is 4.95. The number of rotatable bonds is 6. The average molecular weight is 418 g/mol. The fourth-order valence-corrected chi connectivity index (χ4v) is 3.39. The lowest BCUT2D eigenvalue weighted by Gasteiger charge is -2.15. The molecular formula is C23H22N4O4. The molecule has 1 fully saturated rings. The van der Waals surface area contributed by atoms with Crippen molar-refractivity contribution in [2.45, 2.75) is 13.0 Å². The molecule has 4 amide bonds. The van der Waals surface area contributed by atoms with Crippen LogP contribution in [0, 0.1) is 5.92 Å². The second kappa shape index (κ2) is 9.17. The van der Waals surface area contributed by atoms with Crippen LogP contribution in [0.5, 0.6) is 0 Å². The summed E-state index contributed by atoms with van der Waals surface area (Å²) in [6.45, 7) is 0.714. The molecule has 0 bridgehead atoms. The van der Waals surface area contributed by atoms with E-state index in [0.29, 0.717) is 35.9 Å². The average Bonchev–Trinajstić information content (AvgIpc) is 3.40. The van der Waals surface area contributed by atoms with Gasteiger partial charge in [-0.25, -0.2) is 4.79 Å². The maximum absolute atomic E-state index is 12.6. The second-order valence-electron chi connectivity index (χ2n) is 7.27. The SMILES string of the molecule is O=C(Nc1ccccc1)Nc1ccc(NC(=O)C2CC(=O)N(Cc3ccco3)C2)cc1. The third kappa shape index (κ3) is 5.30. The molecule has 4 rings (SSSR count). The Morgan fingerprint density at radius 2 is 1.52 bits per heavy atom. The van der Waals surface area contributed by atoms with E-state index in [0.717, 1.165) is 0 Å². The number of carbonyl (C=O) groups is 3. The molecule has 3 N–H and O–H groups in total. The Balaban J connectivity index is 1.28. The van der Waals surface area contributed by atoms with Crippen molar-refractivity contribution >= 4 is 34.9 Å². The zero-order valence-corrected chi connectivity index (χ0v) is 16.7. The lowest BCUT2D eigenvalue weighted by atomic mass is 10.1. The molecule has 31 heavy (non-hydrogen) atoms. The molecule has 1 aliphatic rings. The first kappa shape index (κ1) is 20.2. The summed E-state index contributed by atoms with van der Waals surface area (Å²) in [4.78, 5) is 38.5. The van der Waals surface area contributed by atoms with Crippen LogP contribution in [0.15, 0.2) is 77.4 Å². The Bertz CT molecular complexity index is 1050. The zero-order chi connectivity index (χ0) is 21.6. The number of nitrogens with zero attached hydrogens (tertiary/aromatic N) is 1. The number of amides is 4. The van der Waals surface area contributed by atoms with E-state index in [9.17, 15) is 14.4 Å². The Morgan fingerprint density at radius 1 is 0.871 bits per heavy atom. The normalized spacial score (nSPS) is 15.5. The minimum Gasteiger partial charge on any atom is -0.467 e. The van der Waals surface area contributed by atoms with Crippen LogP contribution in [-0.2, 0) is 16.1 Å². The third-order valence-corrected chi connectivity index (χ3v) is 4.95. The van der Waals surface area contributed by atoms with Crippen molar-refractivity contribution < 1.29 is 18.8 Å². The number of para-hydroxylation sites is 1. The lowest BCUT2D eigenvalue weighted by molar-refractivity contribution is -0.128. The maximum Gasteiger partial charge on any atom is 0.323 e. The summed E-state index contributed by atoms with van der Waals surface area (Å²) >= 11 is 0. The topological polar surface area (TPSA) is 104 Å². The van der Waals surface area contributed by atoms with E-state index in [2.05, 4.69) is 16.0 Å². The van der Waals surface area contributed by atoms with Crippen LogP contribution in [0.25, 0.3) is 0 Å². The van der Waals surface area contributed by atoms with Gasteiger partial charge in [-0.05, 0) is 48.5 Å². The van der Waals surface area contributed by atoms with E-state index in [1.807, 2.05) is 18.2 Å². The molecule has 2 aromatic carbocycles. The molecule has 0 aliphatic carbocycles. The number of likely N-dealkylation sites (tertiary alicyclic amines) is 1. The van der Waals surface area contributed by atoms with Crippen LogP contribution >= 0.6 is 0 Å². The van der Waals surface area contributed by atoms with Crippen molar-refractivity contribution in [3.8, 4) is 0 Å². The number of urea groups is 1. The van der Waals surface area contributed by atoms with Gasteiger partial charge in [0.1, 0.15) is 5.76 Å². The van der Waals surface area contributed by atoms with E-state index < -0.39 is 5.92 Å². The second-order valence-corrected chi connectivity index (χ2v) is 7.27. The predicted octanol–water partition coefficient (Wildman–Crippen LogP) is 3.91. The van der Waals surface area contributed by atoms with Crippen molar-refractivity contribution in [3.05, 3.63) is 78.8 Å². The van der Waals surface area contributed by atoms with Gasteiger partial charge in [0.15, 0.2) is 0 Å². The number of anilines is 3. The van der Waals surface area contributed by atoms with Gasteiger partial charge in [-0.1, -0.05) is 18.2 Å². The van der Waals surface area contributed by atoms with Crippen molar-refractivity contribution in [2.24, 2.45) is 5.92 Å². The zero-order valence-electron chi connectivity index (χ0n) is 16.7. The molecule has 1 atom stereocenters. The number of furan rings is 1. The number of benzene rings is 2. The molecule has 8 nitrogen and oxygen atoms in total. The molecule has 0 spiro atoms. The van der Waals surface area contributed by atoms with Gasteiger partial charge in [0.2, 0.25) is 11.8 Å². The first-order valence-electron chi connectivity index (χ1n) is 9.91. The lowest BCUT2D eigenvalue weighted by Crippen LogP contribution is -2.27. The Labute approximate surface area is 179 Å². The minimum absolute atomic E-state index is 0.0690. The van der Waals surface area contributed by atoms with Gasteiger partial charge in [-0.3, -0.25) is 9.59 Å². The Morgan fingerprint density at radius 3 is 2.16 bits per heavy atom. The summed E-state index contributed by atoms with van der Waals surface area (Å²) in [5.41, 5.74) is 1.87. The molecule has 1 saturated heterocycles. The van der Waals surface area contributed by atoms with Crippen LogP contribution in [0.4, 0.5) is 21.9 Å². The van der Waals surface area contributed by atoms with Crippen molar-refractivity contribution in [1.82, 2.24) is 4.90 Å². The van der Waals surface area contributed by atoms with Gasteiger partial charge in [-0.15, -0.1) is 0 Å². The van der Waals surface area contributed by atoms with Crippen molar-refractivity contribution in [1.29, 1.82) is 0 Å². The van der Waals surface area contributed by atoms with Gasteiger partial charge in [0.05, 0.1) is 18.7 Å². The summed E-state index contributed by atoms with van der Waals surface area (Å²) in [6, 6.07) is 19.1. The maximum atomic E-state index is 12.6. The van der Waals surface area contributed by atoms with Gasteiger partial charge in [-0.2, -0.15) is 0 Å². The molecule has 2 heterocycles. The first-order chi connectivity index (χ1) is 15.1. The van der Waals surface area contributed by atoms with Gasteiger partial charge < -0.3 is 25.3 Å². The van der Waals surface area contributed by atoms with Gasteiger partial charge >= 0.3 is 6.03 Å². The van der Waals surface area contributed by atoms with Gasteiger partial charge in [0.25, 0.3) is 0 Å². The quantitative estimate of drug-likeness (QED) is 0.565. The highest BCUT2D eigenvalue weighted by molar-refractivity contribution is 6.00. The summed E-state index contributed by atoms with van der Waals surface area (Å²) in [6.07, 6.45) is 1.73. The minimum atomic E-state index is -0.420. The molecule has 0 saturated carbocycles. The van der Waals surface area contributed by atoms with E-state index in [1.54, 1.807) is 59.7 Å². The summed E-state index contributed by atoms with van der Waals surface area (Å²) in [7, 11) is 0. The highest BCUT2D eigenvalue weighted by Crippen LogP contribution is 2.23. The van der Waals surface area contributed by atoms with Crippen LogP contribution in [0.1, 0.15) is 12.2 Å². The highest BCUT2D eigenvalue weighted by Gasteiger charge is 2.34. The fourth-order valence-electron chi connectivity index (χ4n) is 3.39. The van der Waals surface area contributed by atoms with E-state index >= 15 is 0 Å². The fraction of sp³-hybridized carbons (Fsp3) is 0.174. The van der Waals surface area contributed by atoms with E-state index in [-0.39, 0.29) is 24.3 Å². The summed E-state index contributed by atoms with van der Waals surface area (Å²) in [5.74, 6) is -0.0101. The number of carbonyl (C=O) groups excluding carboxylic acids is 3. The predicted molar refractivity (Wildman–Crippen MR) is 116 cm³/mol. The summed E-state index contributed by atoms with van der Waals surface area (Å²) in [5, 5.41) is 8.31. The monoisotopic (exact) mass is 418 g/mol. The van der Waals surface area contributed by atoms with Crippen molar-refractivity contribution in [2.75, 3.05) is 22.5 Å². The van der Waals surface area contributed by atoms with Crippen LogP contribution in [0.3, 0.4) is 0 Å². The number of hydrogen-bond acceptors (Lipinski definition) is 4. The summed E-state index contributed by atoms with van der Waals surface area (Å²) < 4.78 is 5.28. The van der Waals surface area contributed by atoms with Crippen LogP contribution in [-0.4, -0.2) is 29.3 Å². The molecule has 3 aromatic rings. The van der Waals surface area contributed by atoms with Crippen molar-refractivity contribution in [3.63, 3.8) is 0 Å². The molecular weight excluding hydrogens is 396 g/mol. The molecule has 0 radical (unpaired) electrons. The highest BCUT2D eigenvalue weighted by atomic mass is 16.3. The Hall–Kier alpha value is -4.07. The van der Waals surface area contributed by atoms with Gasteiger partial charge in [0, 0.05) is 30.0 Å².